The van der Waals surface area contributed by atoms with Crippen molar-refractivity contribution in [1.29, 1.82) is 0 Å². The van der Waals surface area contributed by atoms with Crippen LogP contribution < -0.4 is 15.8 Å². The number of benzene rings is 1. The second kappa shape index (κ2) is 7.78. The normalized spacial score (nSPS) is 10.0. The summed E-state index contributed by atoms with van der Waals surface area (Å²) in [6, 6.07) is 5.29. The highest BCUT2D eigenvalue weighted by molar-refractivity contribution is 5.98. The van der Waals surface area contributed by atoms with Gasteiger partial charge in [0, 0.05) is 0 Å². The molecule has 0 aliphatic carbocycles. The van der Waals surface area contributed by atoms with Crippen molar-refractivity contribution in [3.8, 4) is 5.75 Å². The van der Waals surface area contributed by atoms with Gasteiger partial charge < -0.3 is 20.5 Å². The number of esters is 1. The quantitative estimate of drug-likeness (QED) is 0.692. The van der Waals surface area contributed by atoms with E-state index in [2.05, 4.69) is 14.8 Å². The number of hydrogen-bond donors (Lipinski definition) is 2. The number of carbonyl (C=O) groups excluding carboxylic acids is 3. The lowest BCUT2D eigenvalue weighted by Crippen LogP contribution is -2.32. The molecule has 0 aromatic heterocycles. The molecule has 2 amide bonds. The van der Waals surface area contributed by atoms with Crippen molar-refractivity contribution in [3.63, 3.8) is 0 Å². The summed E-state index contributed by atoms with van der Waals surface area (Å²) in [7, 11) is 0. The van der Waals surface area contributed by atoms with Gasteiger partial charge in [0.25, 0.3) is 11.8 Å². The minimum absolute atomic E-state index is 0.166. The lowest BCUT2D eigenvalue weighted by molar-refractivity contribution is -0.146. The number of ether oxygens (including phenoxy) is 2. The molecule has 0 saturated carbocycles. The van der Waals surface area contributed by atoms with Crippen LogP contribution in [0, 0.1) is 0 Å². The van der Waals surface area contributed by atoms with Gasteiger partial charge in [0.1, 0.15) is 12.3 Å². The number of rotatable bonds is 7. The molecule has 0 bridgehead atoms. The van der Waals surface area contributed by atoms with Gasteiger partial charge in [-0.3, -0.25) is 14.4 Å². The number of hydrogen-bond acceptors (Lipinski definition) is 5. The molecule has 1 aromatic rings. The third kappa shape index (κ3) is 5.85. The van der Waals surface area contributed by atoms with Crippen LogP contribution in [0.5, 0.6) is 5.75 Å². The average molecular weight is 302 g/mol. The number of nitrogens with two attached hydrogens (primary N) is 1. The summed E-state index contributed by atoms with van der Waals surface area (Å²) in [6.07, 6.45) is 0. The monoisotopic (exact) mass is 302 g/mol. The molecule has 9 heteroatoms. The van der Waals surface area contributed by atoms with Gasteiger partial charge in [-0.1, -0.05) is 12.1 Å². The van der Waals surface area contributed by atoms with Crippen LogP contribution in [0.15, 0.2) is 24.3 Å². The van der Waals surface area contributed by atoms with Gasteiger partial charge in [-0.15, -0.1) is 0 Å². The van der Waals surface area contributed by atoms with Crippen molar-refractivity contribution >= 4 is 17.8 Å². The first-order valence-corrected chi connectivity index (χ1v) is 5.66. The topological polar surface area (TPSA) is 108 Å². The SMILES string of the molecule is NC(=O)COC(=O)CNC(=O)c1ccccc1OC(F)F. The Morgan fingerprint density at radius 3 is 2.52 bits per heavy atom. The van der Waals surface area contributed by atoms with E-state index in [4.69, 9.17) is 5.73 Å². The Bertz CT molecular complexity index is 536. The predicted octanol–water partition coefficient (Wildman–Crippen LogP) is 0.0463. The maximum Gasteiger partial charge on any atom is 0.387 e. The van der Waals surface area contributed by atoms with E-state index in [1.54, 1.807) is 0 Å². The summed E-state index contributed by atoms with van der Waals surface area (Å²) < 4.78 is 33.0. The maximum atomic E-state index is 12.2. The zero-order valence-corrected chi connectivity index (χ0v) is 10.7. The first kappa shape index (κ1) is 16.3. The van der Waals surface area contributed by atoms with Crippen molar-refractivity contribution in [2.75, 3.05) is 13.2 Å². The van der Waals surface area contributed by atoms with E-state index in [0.29, 0.717) is 0 Å². The molecule has 1 aromatic carbocycles. The Morgan fingerprint density at radius 2 is 1.90 bits per heavy atom. The molecule has 0 heterocycles. The lowest BCUT2D eigenvalue weighted by atomic mass is 10.2. The summed E-state index contributed by atoms with van der Waals surface area (Å²) >= 11 is 0. The summed E-state index contributed by atoms with van der Waals surface area (Å²) in [5.41, 5.74) is 4.60. The first-order chi connectivity index (χ1) is 9.90. The highest BCUT2D eigenvalue weighted by Gasteiger charge is 2.16. The highest BCUT2D eigenvalue weighted by Crippen LogP contribution is 2.19. The number of carbonyl (C=O) groups is 3. The van der Waals surface area contributed by atoms with Crippen LogP contribution in [0.2, 0.25) is 0 Å². The minimum Gasteiger partial charge on any atom is -0.454 e. The van der Waals surface area contributed by atoms with Crippen LogP contribution in [0.3, 0.4) is 0 Å². The van der Waals surface area contributed by atoms with E-state index in [1.807, 2.05) is 0 Å². The summed E-state index contributed by atoms with van der Waals surface area (Å²) in [5.74, 6) is -2.86. The number of amides is 2. The van der Waals surface area contributed by atoms with E-state index in [-0.39, 0.29) is 11.3 Å². The Morgan fingerprint density at radius 1 is 1.24 bits per heavy atom. The predicted molar refractivity (Wildman–Crippen MR) is 65.6 cm³/mol. The molecule has 7 nitrogen and oxygen atoms in total. The van der Waals surface area contributed by atoms with Crippen LogP contribution in [0.1, 0.15) is 10.4 Å². The van der Waals surface area contributed by atoms with Gasteiger partial charge in [0.2, 0.25) is 0 Å². The number of alkyl halides is 2. The third-order valence-corrected chi connectivity index (χ3v) is 2.12. The van der Waals surface area contributed by atoms with Gasteiger partial charge in [-0.25, -0.2) is 0 Å². The zero-order valence-electron chi connectivity index (χ0n) is 10.7. The second-order valence-corrected chi connectivity index (χ2v) is 3.68. The molecule has 1 rings (SSSR count). The van der Waals surface area contributed by atoms with Crippen molar-refractivity contribution < 1.29 is 32.6 Å². The smallest absolute Gasteiger partial charge is 0.387 e. The van der Waals surface area contributed by atoms with Crippen molar-refractivity contribution in [1.82, 2.24) is 5.32 Å². The Hall–Kier alpha value is -2.71. The molecule has 0 spiro atoms. The van der Waals surface area contributed by atoms with Crippen LogP contribution in [-0.4, -0.2) is 37.5 Å². The first-order valence-electron chi connectivity index (χ1n) is 5.66. The Labute approximate surface area is 118 Å². The highest BCUT2D eigenvalue weighted by atomic mass is 19.3. The zero-order chi connectivity index (χ0) is 15.8. The van der Waals surface area contributed by atoms with Crippen LogP contribution in [0.25, 0.3) is 0 Å². The van der Waals surface area contributed by atoms with Crippen molar-refractivity contribution in [3.05, 3.63) is 29.8 Å². The maximum absolute atomic E-state index is 12.2. The molecule has 0 aliphatic heterocycles. The van der Waals surface area contributed by atoms with E-state index < -0.39 is 37.5 Å². The number of nitrogens with one attached hydrogen (secondary N) is 1. The number of para-hydroxylation sites is 1. The number of primary amides is 1. The number of halogens is 2. The van der Waals surface area contributed by atoms with Crippen molar-refractivity contribution in [2.24, 2.45) is 5.73 Å². The molecule has 0 aliphatic rings. The fourth-order valence-corrected chi connectivity index (χ4v) is 1.30. The van der Waals surface area contributed by atoms with Gasteiger partial charge >= 0.3 is 12.6 Å². The van der Waals surface area contributed by atoms with E-state index in [0.717, 1.165) is 0 Å². The molecule has 114 valence electrons. The molecule has 3 N–H and O–H groups in total. The summed E-state index contributed by atoms with van der Waals surface area (Å²) in [6.45, 7) is -4.24. The van der Waals surface area contributed by atoms with E-state index >= 15 is 0 Å². The largest absolute Gasteiger partial charge is 0.454 e. The summed E-state index contributed by atoms with van der Waals surface area (Å²) in [5, 5.41) is 2.15. The molecular weight excluding hydrogens is 290 g/mol. The van der Waals surface area contributed by atoms with Crippen LogP contribution >= 0.6 is 0 Å². The lowest BCUT2D eigenvalue weighted by Gasteiger charge is -2.10. The molecule has 0 unspecified atom stereocenters. The van der Waals surface area contributed by atoms with Crippen LogP contribution in [-0.2, 0) is 14.3 Å². The molecule has 0 saturated heterocycles. The average Bonchev–Trinajstić information content (AvgIpc) is 2.42. The van der Waals surface area contributed by atoms with Gasteiger partial charge in [0.15, 0.2) is 6.61 Å². The summed E-state index contributed by atoms with van der Waals surface area (Å²) in [4.78, 5) is 33.3. The van der Waals surface area contributed by atoms with Gasteiger partial charge in [-0.2, -0.15) is 8.78 Å². The third-order valence-electron chi connectivity index (χ3n) is 2.12. The molecule has 0 radical (unpaired) electrons. The fourth-order valence-electron chi connectivity index (χ4n) is 1.30. The molecule has 0 fully saturated rings. The Balaban J connectivity index is 2.59. The Kier molecular flexibility index (Phi) is 6.05. The standard InChI is InChI=1S/C12H12F2N2O5/c13-12(14)21-8-4-2-1-3-7(8)11(19)16-5-10(18)20-6-9(15)17/h1-4,12H,5-6H2,(H2,15,17)(H,16,19). The fraction of sp³-hybridized carbons (Fsp3) is 0.250. The van der Waals surface area contributed by atoms with Crippen molar-refractivity contribution in [2.45, 2.75) is 6.61 Å². The van der Waals surface area contributed by atoms with Crippen LogP contribution in [0.4, 0.5) is 8.78 Å². The van der Waals surface area contributed by atoms with E-state index in [1.165, 1.54) is 24.3 Å². The molecular formula is C12H12F2N2O5. The minimum atomic E-state index is -3.08. The van der Waals surface area contributed by atoms with E-state index in [9.17, 15) is 23.2 Å². The van der Waals surface area contributed by atoms with Gasteiger partial charge in [0.05, 0.1) is 5.56 Å². The van der Waals surface area contributed by atoms with Gasteiger partial charge in [-0.05, 0) is 12.1 Å². The molecule has 0 atom stereocenters. The molecule has 21 heavy (non-hydrogen) atoms. The second-order valence-electron chi connectivity index (χ2n) is 3.68.